The highest BCUT2D eigenvalue weighted by Crippen LogP contribution is 2.23. The van der Waals surface area contributed by atoms with Crippen LogP contribution in [0.25, 0.3) is 11.0 Å². The molecule has 1 aromatic carbocycles. The van der Waals surface area contributed by atoms with Crippen LogP contribution in [0.4, 0.5) is 11.5 Å². The number of hydrogen-bond acceptors (Lipinski definition) is 4. The number of halogens is 1. The van der Waals surface area contributed by atoms with Crippen molar-refractivity contribution < 1.29 is 0 Å². The van der Waals surface area contributed by atoms with Crippen molar-refractivity contribution in [2.75, 3.05) is 5.32 Å². The maximum Gasteiger partial charge on any atom is 0.163 e. The number of nitrogens with one attached hydrogen (secondary N) is 1. The van der Waals surface area contributed by atoms with E-state index in [2.05, 4.69) is 46.4 Å². The van der Waals surface area contributed by atoms with Crippen molar-refractivity contribution in [2.45, 2.75) is 13.8 Å². The second-order valence-corrected chi connectivity index (χ2v) is 4.65. The first-order valence-corrected chi connectivity index (χ1v) is 6.12. The average molecular weight is 290 g/mol. The highest BCUT2D eigenvalue weighted by molar-refractivity contribution is 5.88. The molecule has 0 amide bonds. The topological polar surface area (TPSA) is 55.6 Å². The van der Waals surface area contributed by atoms with Crippen LogP contribution in [0.5, 0.6) is 0 Å². The molecule has 0 radical (unpaired) electrons. The van der Waals surface area contributed by atoms with E-state index in [4.69, 9.17) is 0 Å². The number of nitrogens with zero attached hydrogens (tertiary/aromatic N) is 4. The molecule has 3 rings (SSSR count). The zero-order valence-electron chi connectivity index (χ0n) is 11.6. The van der Waals surface area contributed by atoms with Gasteiger partial charge < -0.3 is 5.32 Å². The lowest BCUT2D eigenvalue weighted by atomic mass is 10.1. The van der Waals surface area contributed by atoms with Gasteiger partial charge in [-0.05, 0) is 37.1 Å². The second kappa shape index (κ2) is 5.46. The maximum absolute atomic E-state index is 4.29. The molecule has 0 atom stereocenters. The van der Waals surface area contributed by atoms with E-state index in [1.54, 1.807) is 17.2 Å². The number of aryl methyl sites for hydroxylation is 3. The minimum atomic E-state index is 0. The molecule has 0 saturated carbocycles. The fraction of sp³-hybridized carbons (Fsp3) is 0.214. The predicted octanol–water partition coefficient (Wildman–Crippen LogP) is 3.15. The van der Waals surface area contributed by atoms with Gasteiger partial charge in [-0.3, -0.25) is 4.68 Å². The maximum atomic E-state index is 4.29. The number of hydrogen-bond donors (Lipinski definition) is 1. The molecule has 2 aromatic heterocycles. The van der Waals surface area contributed by atoms with Crippen LogP contribution in [0.15, 0.2) is 30.7 Å². The summed E-state index contributed by atoms with van der Waals surface area (Å²) in [5.41, 5.74) is 4.37. The van der Waals surface area contributed by atoms with Crippen LogP contribution in [-0.4, -0.2) is 19.7 Å². The lowest BCUT2D eigenvalue weighted by Gasteiger charge is -2.08. The summed E-state index contributed by atoms with van der Waals surface area (Å²) in [7, 11) is 1.87. The SMILES string of the molecule is Cc1ccc(Nc2ncnc3c2cnn3C)cc1C.Cl. The standard InChI is InChI=1S/C14H15N5.ClH/c1-9-4-5-11(6-10(9)2)18-13-12-7-17-19(3)14(12)16-8-15-13;/h4-8H,1-3H3,(H,15,16,18);1H. The Balaban J connectivity index is 0.00000147. The van der Waals surface area contributed by atoms with E-state index >= 15 is 0 Å². The summed E-state index contributed by atoms with van der Waals surface area (Å²) in [6.45, 7) is 4.20. The smallest absolute Gasteiger partial charge is 0.163 e. The molecule has 1 N–H and O–H groups in total. The highest BCUT2D eigenvalue weighted by atomic mass is 35.5. The zero-order valence-corrected chi connectivity index (χ0v) is 12.4. The average Bonchev–Trinajstić information content (AvgIpc) is 2.77. The third kappa shape index (κ3) is 2.44. The van der Waals surface area contributed by atoms with E-state index in [0.717, 1.165) is 22.5 Å². The lowest BCUT2D eigenvalue weighted by Crippen LogP contribution is -1.97. The Hall–Kier alpha value is -2.14. The van der Waals surface area contributed by atoms with Crippen LogP contribution in [0.3, 0.4) is 0 Å². The van der Waals surface area contributed by atoms with Crippen molar-refractivity contribution >= 4 is 34.9 Å². The van der Waals surface area contributed by atoms with Crippen LogP contribution in [0, 0.1) is 13.8 Å². The number of benzene rings is 1. The van der Waals surface area contributed by atoms with Gasteiger partial charge in [0.15, 0.2) is 5.65 Å². The van der Waals surface area contributed by atoms with Crippen molar-refractivity contribution in [2.24, 2.45) is 7.05 Å². The molecule has 0 saturated heterocycles. The Labute approximate surface area is 123 Å². The number of aromatic nitrogens is 4. The molecule has 0 bridgehead atoms. The molecule has 0 aliphatic heterocycles. The van der Waals surface area contributed by atoms with Gasteiger partial charge in [0, 0.05) is 12.7 Å². The van der Waals surface area contributed by atoms with E-state index in [1.807, 2.05) is 13.1 Å². The van der Waals surface area contributed by atoms with Crippen LogP contribution in [-0.2, 0) is 7.05 Å². The summed E-state index contributed by atoms with van der Waals surface area (Å²) in [5, 5.41) is 8.45. The molecular weight excluding hydrogens is 274 g/mol. The first kappa shape index (κ1) is 14.3. The summed E-state index contributed by atoms with van der Waals surface area (Å²) in [5.74, 6) is 0.779. The summed E-state index contributed by atoms with van der Waals surface area (Å²) >= 11 is 0. The van der Waals surface area contributed by atoms with Gasteiger partial charge in [-0.2, -0.15) is 5.10 Å². The van der Waals surface area contributed by atoms with Crippen molar-refractivity contribution in [3.05, 3.63) is 41.9 Å². The number of fused-ring (bicyclic) bond motifs is 1. The first-order valence-electron chi connectivity index (χ1n) is 6.12. The van der Waals surface area contributed by atoms with E-state index in [0.29, 0.717) is 0 Å². The molecule has 6 heteroatoms. The molecule has 5 nitrogen and oxygen atoms in total. The van der Waals surface area contributed by atoms with E-state index in [1.165, 1.54) is 11.1 Å². The number of anilines is 2. The summed E-state index contributed by atoms with van der Waals surface area (Å²) in [6, 6.07) is 6.26. The van der Waals surface area contributed by atoms with Gasteiger partial charge in [0.25, 0.3) is 0 Å². The van der Waals surface area contributed by atoms with Crippen LogP contribution < -0.4 is 5.32 Å². The summed E-state index contributed by atoms with van der Waals surface area (Å²) in [6.07, 6.45) is 3.33. The largest absolute Gasteiger partial charge is 0.340 e. The van der Waals surface area contributed by atoms with E-state index < -0.39 is 0 Å². The van der Waals surface area contributed by atoms with E-state index in [-0.39, 0.29) is 12.4 Å². The van der Waals surface area contributed by atoms with Gasteiger partial charge in [-0.1, -0.05) is 6.07 Å². The second-order valence-electron chi connectivity index (χ2n) is 4.65. The first-order chi connectivity index (χ1) is 9.15. The predicted molar refractivity (Wildman–Crippen MR) is 82.8 cm³/mol. The quantitative estimate of drug-likeness (QED) is 0.787. The molecule has 0 unspecified atom stereocenters. The Morgan fingerprint density at radius 2 is 1.90 bits per heavy atom. The summed E-state index contributed by atoms with van der Waals surface area (Å²) < 4.78 is 1.74. The van der Waals surface area contributed by atoms with Crippen molar-refractivity contribution in [1.82, 2.24) is 19.7 Å². The molecule has 20 heavy (non-hydrogen) atoms. The molecule has 0 aliphatic carbocycles. The van der Waals surface area contributed by atoms with Crippen LogP contribution in [0.2, 0.25) is 0 Å². The van der Waals surface area contributed by atoms with Crippen LogP contribution in [0.1, 0.15) is 11.1 Å². The van der Waals surface area contributed by atoms with Gasteiger partial charge >= 0.3 is 0 Å². The van der Waals surface area contributed by atoms with Gasteiger partial charge in [-0.25, -0.2) is 9.97 Å². The Bertz CT molecular complexity index is 750. The Kier molecular flexibility index (Phi) is 3.90. The van der Waals surface area contributed by atoms with Crippen molar-refractivity contribution in [3.8, 4) is 0 Å². The fourth-order valence-electron chi connectivity index (χ4n) is 2.02. The fourth-order valence-corrected chi connectivity index (χ4v) is 2.02. The summed E-state index contributed by atoms with van der Waals surface area (Å²) in [4.78, 5) is 8.52. The minimum Gasteiger partial charge on any atom is -0.340 e. The zero-order chi connectivity index (χ0) is 13.4. The number of rotatable bonds is 2. The molecule has 2 heterocycles. The van der Waals surface area contributed by atoms with E-state index in [9.17, 15) is 0 Å². The minimum absolute atomic E-state index is 0. The Morgan fingerprint density at radius 3 is 2.65 bits per heavy atom. The van der Waals surface area contributed by atoms with Crippen molar-refractivity contribution in [3.63, 3.8) is 0 Å². The van der Waals surface area contributed by atoms with Gasteiger partial charge in [0.2, 0.25) is 0 Å². The molecular formula is C14H16ClN5. The molecule has 0 spiro atoms. The monoisotopic (exact) mass is 289 g/mol. The third-order valence-corrected chi connectivity index (χ3v) is 3.30. The third-order valence-electron chi connectivity index (χ3n) is 3.30. The van der Waals surface area contributed by atoms with Crippen LogP contribution >= 0.6 is 12.4 Å². The molecule has 0 aliphatic rings. The molecule has 3 aromatic rings. The molecule has 104 valence electrons. The van der Waals surface area contributed by atoms with Gasteiger partial charge in [0.05, 0.1) is 11.6 Å². The molecule has 0 fully saturated rings. The van der Waals surface area contributed by atoms with Crippen molar-refractivity contribution in [1.29, 1.82) is 0 Å². The highest BCUT2D eigenvalue weighted by Gasteiger charge is 2.08. The normalized spacial score (nSPS) is 10.3. The van der Waals surface area contributed by atoms with Gasteiger partial charge in [0.1, 0.15) is 12.1 Å². The lowest BCUT2D eigenvalue weighted by molar-refractivity contribution is 0.785. The van der Waals surface area contributed by atoms with Gasteiger partial charge in [-0.15, -0.1) is 12.4 Å². The Morgan fingerprint density at radius 1 is 1.10 bits per heavy atom.